The van der Waals surface area contributed by atoms with E-state index in [0.29, 0.717) is 29.1 Å². The third kappa shape index (κ3) is 2.77. The molecule has 1 heterocycles. The van der Waals surface area contributed by atoms with Crippen molar-refractivity contribution >= 4 is 16.9 Å². The number of carbonyl (C=O) groups is 1. The Morgan fingerprint density at radius 3 is 2.77 bits per heavy atom. The van der Waals surface area contributed by atoms with E-state index in [-0.39, 0.29) is 11.9 Å². The summed E-state index contributed by atoms with van der Waals surface area (Å²) in [5, 5.41) is 3.14. The Morgan fingerprint density at radius 1 is 1.31 bits per heavy atom. The zero-order chi connectivity index (χ0) is 18.4. The lowest BCUT2D eigenvalue weighted by Gasteiger charge is -2.28. The molecule has 6 heteroatoms. The lowest BCUT2D eigenvalue weighted by molar-refractivity contribution is 0.0915. The van der Waals surface area contributed by atoms with Gasteiger partial charge < -0.3 is 14.9 Å². The Labute approximate surface area is 151 Å². The van der Waals surface area contributed by atoms with Gasteiger partial charge in [-0.15, -0.1) is 0 Å². The van der Waals surface area contributed by atoms with Crippen LogP contribution in [0.25, 0.3) is 11.0 Å². The molecule has 2 aliphatic rings. The number of hydrogen-bond donors (Lipinski definition) is 2. The van der Waals surface area contributed by atoms with Crippen molar-refractivity contribution in [3.8, 4) is 0 Å². The third-order valence-corrected chi connectivity index (χ3v) is 6.35. The van der Waals surface area contributed by atoms with Crippen LogP contribution in [0, 0.1) is 17.8 Å². The van der Waals surface area contributed by atoms with E-state index in [1.54, 1.807) is 18.2 Å². The van der Waals surface area contributed by atoms with Crippen LogP contribution in [0.4, 0.5) is 0 Å². The highest BCUT2D eigenvalue weighted by Crippen LogP contribution is 2.49. The minimum atomic E-state index is -0.660. The average Bonchev–Trinajstić information content (AvgIpc) is 3.26. The summed E-state index contributed by atoms with van der Waals surface area (Å²) >= 11 is 0. The quantitative estimate of drug-likeness (QED) is 0.825. The van der Waals surface area contributed by atoms with Crippen LogP contribution in [0.5, 0.6) is 0 Å². The fourth-order valence-corrected chi connectivity index (χ4v) is 5.04. The molecular weight excluding hydrogens is 330 g/mol. The first kappa shape index (κ1) is 17.1. The molecule has 0 aliphatic heterocycles. The van der Waals surface area contributed by atoms with Gasteiger partial charge in [-0.1, -0.05) is 6.42 Å². The van der Waals surface area contributed by atoms with Crippen LogP contribution in [-0.4, -0.2) is 21.5 Å². The van der Waals surface area contributed by atoms with Crippen molar-refractivity contribution in [3.63, 3.8) is 0 Å². The van der Waals surface area contributed by atoms with Crippen LogP contribution in [0.15, 0.2) is 27.8 Å². The van der Waals surface area contributed by atoms with Gasteiger partial charge in [0.1, 0.15) is 0 Å². The standard InChI is InChI=1S/C20H25N3O3/c1-3-23-17-7-6-14(10-16(17)22-19(25)20(23)26)18(24)21-11(2)15-9-12-4-5-13(15)8-12/h6-7,10-13,15H,3-5,8-9H2,1-2H3,(H,21,24)(H,22,25)/t11-,12+,13+,15+/m1/s1. The fourth-order valence-electron chi connectivity index (χ4n) is 5.04. The van der Waals surface area contributed by atoms with Crippen LogP contribution in [0.2, 0.25) is 0 Å². The van der Waals surface area contributed by atoms with Gasteiger partial charge in [0.05, 0.1) is 11.0 Å². The van der Waals surface area contributed by atoms with Gasteiger partial charge >= 0.3 is 11.1 Å². The maximum Gasteiger partial charge on any atom is 0.316 e. The highest BCUT2D eigenvalue weighted by Gasteiger charge is 2.42. The molecule has 2 N–H and O–H groups in total. The molecule has 6 nitrogen and oxygen atoms in total. The summed E-state index contributed by atoms with van der Waals surface area (Å²) in [4.78, 5) is 39.0. The molecule has 1 aromatic heterocycles. The van der Waals surface area contributed by atoms with Gasteiger partial charge in [0.15, 0.2) is 0 Å². The topological polar surface area (TPSA) is 84.0 Å². The minimum Gasteiger partial charge on any atom is -0.349 e. The SMILES string of the molecule is CCn1c(=O)c(=O)[nH]c2cc(C(=O)N[C@H](C)[C@@H]3C[C@H]4CC[C@H]3C4)ccc21. The van der Waals surface area contributed by atoms with E-state index in [1.165, 1.54) is 30.3 Å². The number of aromatic amines is 1. The number of fused-ring (bicyclic) bond motifs is 3. The van der Waals surface area contributed by atoms with E-state index in [9.17, 15) is 14.4 Å². The molecule has 2 bridgehead atoms. The van der Waals surface area contributed by atoms with Gasteiger partial charge in [-0.25, -0.2) is 0 Å². The molecule has 26 heavy (non-hydrogen) atoms. The molecule has 4 rings (SSSR count). The Balaban J connectivity index is 1.58. The van der Waals surface area contributed by atoms with Crippen molar-refractivity contribution in [2.24, 2.45) is 17.8 Å². The Morgan fingerprint density at radius 2 is 2.12 bits per heavy atom. The summed E-state index contributed by atoms with van der Waals surface area (Å²) in [6.45, 7) is 4.32. The summed E-state index contributed by atoms with van der Waals surface area (Å²) in [6.07, 6.45) is 5.18. The number of aryl methyl sites for hydroxylation is 1. The molecule has 2 saturated carbocycles. The van der Waals surface area contributed by atoms with Gasteiger partial charge in [0.2, 0.25) is 0 Å². The molecule has 4 atom stereocenters. The maximum atomic E-state index is 12.7. The first-order valence-electron chi connectivity index (χ1n) is 9.55. The van der Waals surface area contributed by atoms with E-state index in [2.05, 4.69) is 17.2 Å². The number of nitrogens with zero attached hydrogens (tertiary/aromatic N) is 1. The predicted octanol–water partition coefficient (Wildman–Crippen LogP) is 2.26. The lowest BCUT2D eigenvalue weighted by atomic mass is 9.84. The van der Waals surface area contributed by atoms with Crippen LogP contribution in [-0.2, 0) is 6.54 Å². The average molecular weight is 355 g/mol. The van der Waals surface area contributed by atoms with Crippen LogP contribution in [0.1, 0.15) is 49.9 Å². The van der Waals surface area contributed by atoms with Crippen LogP contribution in [0.3, 0.4) is 0 Å². The van der Waals surface area contributed by atoms with Crippen molar-refractivity contribution < 1.29 is 4.79 Å². The van der Waals surface area contributed by atoms with E-state index < -0.39 is 11.1 Å². The Hall–Kier alpha value is -2.37. The van der Waals surface area contributed by atoms with Gasteiger partial charge in [0, 0.05) is 18.2 Å². The van der Waals surface area contributed by atoms with Crippen molar-refractivity contribution in [1.82, 2.24) is 14.9 Å². The fraction of sp³-hybridized carbons (Fsp3) is 0.550. The van der Waals surface area contributed by atoms with Gasteiger partial charge in [-0.05, 0) is 69.1 Å². The number of H-pyrrole nitrogens is 1. The highest BCUT2D eigenvalue weighted by atomic mass is 16.2. The van der Waals surface area contributed by atoms with Crippen molar-refractivity contribution in [2.75, 3.05) is 0 Å². The smallest absolute Gasteiger partial charge is 0.316 e. The minimum absolute atomic E-state index is 0.128. The Bertz CT molecular complexity index is 974. The Kier molecular flexibility index (Phi) is 4.21. The summed E-state index contributed by atoms with van der Waals surface area (Å²) < 4.78 is 1.42. The second kappa shape index (κ2) is 6.41. The van der Waals surface area contributed by atoms with Crippen LogP contribution >= 0.6 is 0 Å². The second-order valence-corrected chi connectivity index (χ2v) is 7.84. The molecule has 0 unspecified atom stereocenters. The molecule has 1 amide bonds. The summed E-state index contributed by atoms with van der Waals surface area (Å²) in [5.74, 6) is 2.05. The summed E-state index contributed by atoms with van der Waals surface area (Å²) in [7, 11) is 0. The van der Waals surface area contributed by atoms with E-state index in [1.807, 2.05) is 6.92 Å². The molecular formula is C20H25N3O3. The largest absolute Gasteiger partial charge is 0.349 e. The van der Waals surface area contributed by atoms with Crippen molar-refractivity contribution in [2.45, 2.75) is 52.1 Å². The normalized spacial score (nSPS) is 25.5. The lowest BCUT2D eigenvalue weighted by Crippen LogP contribution is -2.40. The van der Waals surface area contributed by atoms with E-state index in [0.717, 1.165) is 11.8 Å². The monoisotopic (exact) mass is 355 g/mol. The third-order valence-electron chi connectivity index (χ3n) is 6.35. The number of benzene rings is 1. The zero-order valence-electron chi connectivity index (χ0n) is 15.2. The summed E-state index contributed by atoms with van der Waals surface area (Å²) in [6, 6.07) is 5.25. The number of amides is 1. The van der Waals surface area contributed by atoms with E-state index >= 15 is 0 Å². The number of hydrogen-bond acceptors (Lipinski definition) is 3. The number of nitrogens with one attached hydrogen (secondary N) is 2. The van der Waals surface area contributed by atoms with Gasteiger partial charge in [-0.3, -0.25) is 14.4 Å². The number of carbonyl (C=O) groups excluding carboxylic acids is 1. The molecule has 138 valence electrons. The molecule has 0 spiro atoms. The van der Waals surface area contributed by atoms with Crippen molar-refractivity contribution in [1.29, 1.82) is 0 Å². The molecule has 0 radical (unpaired) electrons. The molecule has 1 aromatic carbocycles. The maximum absolute atomic E-state index is 12.7. The van der Waals surface area contributed by atoms with E-state index in [4.69, 9.17) is 0 Å². The van der Waals surface area contributed by atoms with Gasteiger partial charge in [-0.2, -0.15) is 0 Å². The number of aromatic nitrogens is 2. The summed E-state index contributed by atoms with van der Waals surface area (Å²) in [5.41, 5.74) is 0.422. The molecule has 2 aromatic rings. The predicted molar refractivity (Wildman–Crippen MR) is 100 cm³/mol. The number of rotatable bonds is 4. The van der Waals surface area contributed by atoms with Crippen LogP contribution < -0.4 is 16.4 Å². The molecule has 2 aliphatic carbocycles. The highest BCUT2D eigenvalue weighted by molar-refractivity contribution is 5.97. The first-order valence-corrected chi connectivity index (χ1v) is 9.55. The van der Waals surface area contributed by atoms with Crippen molar-refractivity contribution in [3.05, 3.63) is 44.5 Å². The molecule has 2 fully saturated rings. The zero-order valence-corrected chi connectivity index (χ0v) is 15.2. The van der Waals surface area contributed by atoms with Gasteiger partial charge in [0.25, 0.3) is 5.91 Å². The second-order valence-electron chi connectivity index (χ2n) is 7.84. The first-order chi connectivity index (χ1) is 12.5. The molecule has 0 saturated heterocycles.